The maximum Gasteiger partial charge on any atom is 0.200 e. The van der Waals surface area contributed by atoms with Crippen molar-refractivity contribution in [3.05, 3.63) is 5.82 Å². The number of nitrogens with two attached hydrogens (primary N) is 1. The van der Waals surface area contributed by atoms with E-state index >= 15 is 0 Å². The Hall–Kier alpha value is -1.01. The number of tetrazole rings is 1. The summed E-state index contributed by atoms with van der Waals surface area (Å²) in [5.74, 6) is 1.31. The van der Waals surface area contributed by atoms with Crippen LogP contribution in [0.2, 0.25) is 0 Å². The molecular formula is C11H21N5O. The summed E-state index contributed by atoms with van der Waals surface area (Å²) in [6.45, 7) is 3.23. The minimum Gasteiger partial charge on any atom is -0.366 e. The molecule has 0 radical (unpaired) electrons. The third-order valence-corrected chi connectivity index (χ3v) is 3.48. The average molecular weight is 239 g/mol. The van der Waals surface area contributed by atoms with Gasteiger partial charge in [-0.05, 0) is 24.0 Å². The maximum absolute atomic E-state index is 5.99. The summed E-state index contributed by atoms with van der Waals surface area (Å²) in [5.41, 5.74) is 5.70. The zero-order chi connectivity index (χ0) is 12.3. The van der Waals surface area contributed by atoms with Crippen LogP contribution >= 0.6 is 0 Å². The number of aryl methyl sites for hydroxylation is 1. The predicted octanol–water partition coefficient (Wildman–Crippen LogP) is 0.634. The summed E-state index contributed by atoms with van der Waals surface area (Å²) >= 11 is 0. The molecule has 0 aliphatic heterocycles. The van der Waals surface area contributed by atoms with Crippen molar-refractivity contribution >= 4 is 0 Å². The predicted molar refractivity (Wildman–Crippen MR) is 63.0 cm³/mol. The molecule has 1 aromatic heterocycles. The minimum absolute atomic E-state index is 0.184. The molecular weight excluding hydrogens is 218 g/mol. The van der Waals surface area contributed by atoms with Crippen molar-refractivity contribution in [1.82, 2.24) is 20.2 Å². The van der Waals surface area contributed by atoms with Crippen LogP contribution in [0, 0.1) is 5.92 Å². The molecule has 96 valence electrons. The van der Waals surface area contributed by atoms with Gasteiger partial charge in [0, 0.05) is 6.54 Å². The summed E-state index contributed by atoms with van der Waals surface area (Å²) in [7, 11) is 1.75. The third-order valence-electron chi connectivity index (χ3n) is 3.48. The fourth-order valence-electron chi connectivity index (χ4n) is 2.59. The topological polar surface area (TPSA) is 78.9 Å². The minimum atomic E-state index is -0.184. The van der Waals surface area contributed by atoms with Crippen LogP contribution in [0.15, 0.2) is 0 Å². The second-order valence-corrected chi connectivity index (χ2v) is 5.07. The highest BCUT2D eigenvalue weighted by molar-refractivity contribution is 4.89. The monoisotopic (exact) mass is 239 g/mol. The summed E-state index contributed by atoms with van der Waals surface area (Å²) in [4.78, 5) is 1.44. The van der Waals surface area contributed by atoms with E-state index in [0.717, 1.165) is 12.8 Å². The van der Waals surface area contributed by atoms with E-state index in [1.165, 1.54) is 17.6 Å². The number of ether oxygens (including phenoxy) is 1. The Morgan fingerprint density at radius 2 is 2.41 bits per heavy atom. The van der Waals surface area contributed by atoms with Gasteiger partial charge in [-0.2, -0.15) is 4.80 Å². The molecule has 1 fully saturated rings. The second kappa shape index (κ2) is 5.10. The molecule has 0 bridgehead atoms. The molecule has 0 amide bonds. The Balaban J connectivity index is 1.94. The van der Waals surface area contributed by atoms with Gasteiger partial charge in [0.1, 0.15) is 6.61 Å². The number of hydrogen-bond donors (Lipinski definition) is 1. The molecule has 2 unspecified atom stereocenters. The molecule has 1 aromatic rings. The molecule has 2 N–H and O–H groups in total. The van der Waals surface area contributed by atoms with Crippen molar-refractivity contribution in [3.63, 3.8) is 0 Å². The van der Waals surface area contributed by atoms with E-state index in [0.29, 0.717) is 24.9 Å². The normalized spacial score (nSPS) is 29.5. The number of aromatic nitrogens is 4. The zero-order valence-electron chi connectivity index (χ0n) is 10.6. The molecule has 0 aromatic carbocycles. The first-order valence-electron chi connectivity index (χ1n) is 6.20. The standard InChI is InChI=1S/C11H21N5O/c1-9-4-3-5-11(6-9,8-12)17-7-10-13-15-16(2)14-10/h9H,3-8,12H2,1-2H3. The van der Waals surface area contributed by atoms with Crippen molar-refractivity contribution in [3.8, 4) is 0 Å². The largest absolute Gasteiger partial charge is 0.366 e. The van der Waals surface area contributed by atoms with Crippen molar-refractivity contribution in [2.24, 2.45) is 18.7 Å². The Bertz CT molecular complexity index is 366. The summed E-state index contributed by atoms with van der Waals surface area (Å²) in [5, 5.41) is 11.8. The van der Waals surface area contributed by atoms with Crippen molar-refractivity contribution in [2.75, 3.05) is 6.54 Å². The maximum atomic E-state index is 5.99. The van der Waals surface area contributed by atoms with Gasteiger partial charge in [0.25, 0.3) is 0 Å². The van der Waals surface area contributed by atoms with Gasteiger partial charge in [-0.15, -0.1) is 10.2 Å². The van der Waals surface area contributed by atoms with Crippen molar-refractivity contribution < 1.29 is 4.74 Å². The molecule has 6 heteroatoms. The van der Waals surface area contributed by atoms with Gasteiger partial charge in [-0.3, -0.25) is 0 Å². The van der Waals surface area contributed by atoms with Gasteiger partial charge < -0.3 is 10.5 Å². The molecule has 1 heterocycles. The molecule has 2 atom stereocenters. The van der Waals surface area contributed by atoms with Crippen LogP contribution in [0.4, 0.5) is 0 Å². The average Bonchev–Trinajstić information content (AvgIpc) is 2.73. The zero-order valence-corrected chi connectivity index (χ0v) is 10.6. The molecule has 6 nitrogen and oxygen atoms in total. The lowest BCUT2D eigenvalue weighted by molar-refractivity contribution is -0.0861. The summed E-state index contributed by atoms with van der Waals surface area (Å²) in [6, 6.07) is 0. The molecule has 1 saturated carbocycles. The third kappa shape index (κ3) is 3.01. The molecule has 1 aliphatic rings. The van der Waals surface area contributed by atoms with Gasteiger partial charge >= 0.3 is 0 Å². The van der Waals surface area contributed by atoms with Gasteiger partial charge in [0.15, 0.2) is 5.82 Å². The lowest BCUT2D eigenvalue weighted by Crippen LogP contribution is -2.44. The summed E-state index contributed by atoms with van der Waals surface area (Å²) < 4.78 is 5.99. The van der Waals surface area contributed by atoms with E-state index in [1.54, 1.807) is 7.05 Å². The van der Waals surface area contributed by atoms with Crippen molar-refractivity contribution in [1.29, 1.82) is 0 Å². The van der Waals surface area contributed by atoms with Crippen LogP contribution in [-0.4, -0.2) is 32.4 Å². The van der Waals surface area contributed by atoms with Crippen LogP contribution in [0.25, 0.3) is 0 Å². The Kier molecular flexibility index (Phi) is 3.73. The molecule has 0 saturated heterocycles. The lowest BCUT2D eigenvalue weighted by atomic mass is 9.79. The highest BCUT2D eigenvalue weighted by Crippen LogP contribution is 2.34. The Morgan fingerprint density at radius 1 is 1.59 bits per heavy atom. The van der Waals surface area contributed by atoms with E-state index in [9.17, 15) is 0 Å². The first-order chi connectivity index (χ1) is 8.13. The number of hydrogen-bond acceptors (Lipinski definition) is 5. The summed E-state index contributed by atoms with van der Waals surface area (Å²) in [6.07, 6.45) is 4.53. The second-order valence-electron chi connectivity index (χ2n) is 5.07. The van der Waals surface area contributed by atoms with Crippen LogP contribution in [0.5, 0.6) is 0 Å². The van der Waals surface area contributed by atoms with Gasteiger partial charge in [-0.1, -0.05) is 19.8 Å². The van der Waals surface area contributed by atoms with Crippen LogP contribution in [0.1, 0.15) is 38.4 Å². The van der Waals surface area contributed by atoms with E-state index in [-0.39, 0.29) is 5.60 Å². The van der Waals surface area contributed by atoms with Crippen molar-refractivity contribution in [2.45, 2.75) is 44.8 Å². The van der Waals surface area contributed by atoms with Crippen LogP contribution in [0.3, 0.4) is 0 Å². The first-order valence-corrected chi connectivity index (χ1v) is 6.20. The van der Waals surface area contributed by atoms with E-state index < -0.39 is 0 Å². The highest BCUT2D eigenvalue weighted by atomic mass is 16.5. The Morgan fingerprint density at radius 3 is 3.00 bits per heavy atom. The number of nitrogens with zero attached hydrogens (tertiary/aromatic N) is 4. The SMILES string of the molecule is CC1CCCC(CN)(OCc2nnn(C)n2)C1. The number of rotatable bonds is 4. The van der Waals surface area contributed by atoms with Gasteiger partial charge in [0.2, 0.25) is 0 Å². The Labute approximate surface area is 102 Å². The highest BCUT2D eigenvalue weighted by Gasteiger charge is 2.34. The van der Waals surface area contributed by atoms with Gasteiger partial charge in [0.05, 0.1) is 12.6 Å². The smallest absolute Gasteiger partial charge is 0.200 e. The van der Waals surface area contributed by atoms with Crippen LogP contribution < -0.4 is 5.73 Å². The fourth-order valence-corrected chi connectivity index (χ4v) is 2.59. The van der Waals surface area contributed by atoms with Crippen LogP contribution in [-0.2, 0) is 18.4 Å². The molecule has 0 spiro atoms. The molecule has 17 heavy (non-hydrogen) atoms. The molecule has 1 aliphatic carbocycles. The quantitative estimate of drug-likeness (QED) is 0.834. The van der Waals surface area contributed by atoms with E-state index in [4.69, 9.17) is 10.5 Å². The molecule has 2 rings (SSSR count). The lowest BCUT2D eigenvalue weighted by Gasteiger charge is -2.38. The first kappa shape index (κ1) is 12.4. The van der Waals surface area contributed by atoms with E-state index in [2.05, 4.69) is 22.3 Å². The van der Waals surface area contributed by atoms with E-state index in [1.807, 2.05) is 0 Å². The fraction of sp³-hybridized carbons (Fsp3) is 0.909. The van der Waals surface area contributed by atoms with Gasteiger partial charge in [-0.25, -0.2) is 0 Å².